The van der Waals surface area contributed by atoms with E-state index in [2.05, 4.69) is 5.32 Å². The van der Waals surface area contributed by atoms with Gasteiger partial charge in [-0.3, -0.25) is 4.79 Å². The van der Waals surface area contributed by atoms with Crippen LogP contribution in [0.2, 0.25) is 0 Å². The molecule has 4 aliphatic rings. The molecule has 1 aliphatic carbocycles. The average Bonchev–Trinajstić information content (AvgIpc) is 3.33. The molecule has 1 aromatic rings. The van der Waals surface area contributed by atoms with Crippen LogP contribution in [0.4, 0.5) is 23.7 Å². The predicted molar refractivity (Wildman–Crippen MR) is 123 cm³/mol. The standard InChI is InChI=1S/C25H30F3N5O2/c26-25(27,28)20-13-19(6-3-17(20)15-29)31-11-7-24(8-12-31)14-21(22(34)30-18-4-5-18)33(16-24)23(35)32-9-1-2-10-32/h3,6,13,18,21H,1-2,4-5,7-12,14,16H2,(H,30,34). The van der Waals surface area contributed by atoms with Gasteiger partial charge >= 0.3 is 12.2 Å². The number of nitriles is 1. The quantitative estimate of drug-likeness (QED) is 0.702. The highest BCUT2D eigenvalue weighted by Crippen LogP contribution is 2.45. The number of urea groups is 1. The third-order valence-corrected chi connectivity index (χ3v) is 7.98. The Morgan fingerprint density at radius 3 is 2.37 bits per heavy atom. The van der Waals surface area contributed by atoms with Crippen LogP contribution in [0.25, 0.3) is 0 Å². The van der Waals surface area contributed by atoms with E-state index in [1.165, 1.54) is 6.07 Å². The molecule has 10 heteroatoms. The van der Waals surface area contributed by atoms with Gasteiger partial charge in [0, 0.05) is 44.5 Å². The highest BCUT2D eigenvalue weighted by atomic mass is 19.4. The van der Waals surface area contributed by atoms with Gasteiger partial charge in [0.2, 0.25) is 5.91 Å². The maximum Gasteiger partial charge on any atom is 0.417 e. The summed E-state index contributed by atoms with van der Waals surface area (Å²) in [5.41, 5.74) is -1.09. The molecule has 1 unspecified atom stereocenters. The highest BCUT2D eigenvalue weighted by Gasteiger charge is 2.51. The van der Waals surface area contributed by atoms with Crippen LogP contribution in [0.3, 0.4) is 0 Å². The molecule has 188 valence electrons. The van der Waals surface area contributed by atoms with Crippen molar-refractivity contribution in [3.63, 3.8) is 0 Å². The molecule has 3 heterocycles. The van der Waals surface area contributed by atoms with E-state index in [4.69, 9.17) is 5.26 Å². The van der Waals surface area contributed by atoms with Crippen LogP contribution in [-0.4, -0.2) is 66.5 Å². The highest BCUT2D eigenvalue weighted by molar-refractivity contribution is 5.88. The number of amides is 3. The Hall–Kier alpha value is -2.96. The monoisotopic (exact) mass is 489 g/mol. The van der Waals surface area contributed by atoms with E-state index in [9.17, 15) is 22.8 Å². The number of benzene rings is 1. The number of piperidine rings is 1. The van der Waals surface area contributed by atoms with Gasteiger partial charge in [-0.1, -0.05) is 0 Å². The summed E-state index contributed by atoms with van der Waals surface area (Å²) in [6.07, 6.45) is 1.26. The van der Waals surface area contributed by atoms with Gasteiger partial charge in [0.15, 0.2) is 0 Å². The van der Waals surface area contributed by atoms with Crippen LogP contribution >= 0.6 is 0 Å². The lowest BCUT2D eigenvalue weighted by atomic mass is 9.76. The molecule has 0 bridgehead atoms. The molecule has 3 saturated heterocycles. The maximum absolute atomic E-state index is 13.4. The smallest absolute Gasteiger partial charge is 0.371 e. The van der Waals surface area contributed by atoms with Crippen molar-refractivity contribution < 1.29 is 22.8 Å². The van der Waals surface area contributed by atoms with Crippen molar-refractivity contribution in [1.82, 2.24) is 15.1 Å². The summed E-state index contributed by atoms with van der Waals surface area (Å²) in [6.45, 7) is 3.00. The fourth-order valence-corrected chi connectivity index (χ4v) is 5.77. The van der Waals surface area contributed by atoms with Gasteiger partial charge in [0.1, 0.15) is 6.04 Å². The Morgan fingerprint density at radius 1 is 1.09 bits per heavy atom. The Kier molecular flexibility index (Phi) is 6.06. The summed E-state index contributed by atoms with van der Waals surface area (Å²) in [5, 5.41) is 12.1. The van der Waals surface area contributed by atoms with Crippen molar-refractivity contribution in [1.29, 1.82) is 5.26 Å². The van der Waals surface area contributed by atoms with Gasteiger partial charge in [-0.05, 0) is 68.6 Å². The number of nitrogens with zero attached hydrogens (tertiary/aromatic N) is 4. The van der Waals surface area contributed by atoms with Gasteiger partial charge < -0.3 is 20.0 Å². The third kappa shape index (κ3) is 4.78. The zero-order valence-corrected chi connectivity index (χ0v) is 19.6. The number of nitrogens with one attached hydrogen (secondary N) is 1. The van der Waals surface area contributed by atoms with E-state index in [1.807, 2.05) is 9.80 Å². The summed E-state index contributed by atoms with van der Waals surface area (Å²) in [4.78, 5) is 31.9. The molecule has 1 atom stereocenters. The lowest BCUT2D eigenvalue weighted by Crippen LogP contribution is -2.50. The molecule has 1 spiro atoms. The van der Waals surface area contributed by atoms with Crippen LogP contribution in [0.5, 0.6) is 0 Å². The summed E-state index contributed by atoms with van der Waals surface area (Å²) < 4.78 is 40.3. The molecule has 4 fully saturated rings. The molecule has 0 radical (unpaired) electrons. The third-order valence-electron chi connectivity index (χ3n) is 7.98. The summed E-state index contributed by atoms with van der Waals surface area (Å²) in [7, 11) is 0. The molecular formula is C25H30F3N5O2. The minimum Gasteiger partial charge on any atom is -0.371 e. The van der Waals surface area contributed by atoms with Gasteiger partial charge in [-0.25, -0.2) is 4.79 Å². The molecule has 7 nitrogen and oxygen atoms in total. The zero-order chi connectivity index (χ0) is 24.8. The van der Waals surface area contributed by atoms with Gasteiger partial charge in [-0.2, -0.15) is 18.4 Å². The fourth-order valence-electron chi connectivity index (χ4n) is 5.77. The first-order chi connectivity index (χ1) is 16.7. The zero-order valence-electron chi connectivity index (χ0n) is 19.6. The lowest BCUT2D eigenvalue weighted by molar-refractivity contribution is -0.137. The van der Waals surface area contributed by atoms with Crippen LogP contribution in [0.15, 0.2) is 18.2 Å². The maximum atomic E-state index is 13.4. The van der Waals surface area contributed by atoms with Crippen molar-refractivity contribution >= 4 is 17.6 Å². The Balaban J connectivity index is 1.31. The number of anilines is 1. The van der Waals surface area contributed by atoms with Crippen LogP contribution in [0.1, 0.15) is 56.1 Å². The summed E-state index contributed by atoms with van der Waals surface area (Å²) in [6, 6.07) is 5.12. The predicted octanol–water partition coefficient (Wildman–Crippen LogP) is 3.73. The van der Waals surface area contributed by atoms with E-state index < -0.39 is 17.8 Å². The lowest BCUT2D eigenvalue weighted by Gasteiger charge is -2.40. The van der Waals surface area contributed by atoms with Crippen LogP contribution in [-0.2, 0) is 11.0 Å². The number of alkyl halides is 3. The number of hydrogen-bond acceptors (Lipinski definition) is 4. The number of rotatable bonds is 3. The SMILES string of the molecule is N#Cc1ccc(N2CCC3(CC2)CC(C(=O)NC2CC2)N(C(=O)N2CCCC2)C3)cc1C(F)(F)F. The van der Waals surface area contributed by atoms with E-state index in [0.717, 1.165) is 31.7 Å². The van der Waals surface area contributed by atoms with Crippen molar-refractivity contribution in [2.75, 3.05) is 37.6 Å². The van der Waals surface area contributed by atoms with Crippen molar-refractivity contribution in [2.24, 2.45) is 5.41 Å². The van der Waals surface area contributed by atoms with E-state index >= 15 is 0 Å². The van der Waals surface area contributed by atoms with Gasteiger partial charge in [0.25, 0.3) is 0 Å². The molecule has 5 rings (SSSR count). The minimum atomic E-state index is -4.60. The molecule has 0 aromatic heterocycles. The first-order valence-corrected chi connectivity index (χ1v) is 12.4. The molecule has 3 aliphatic heterocycles. The largest absolute Gasteiger partial charge is 0.417 e. The van der Waals surface area contributed by atoms with E-state index in [0.29, 0.717) is 57.7 Å². The molecule has 1 N–H and O–H groups in total. The van der Waals surface area contributed by atoms with Crippen LogP contribution < -0.4 is 10.2 Å². The number of hydrogen-bond donors (Lipinski definition) is 1. The van der Waals surface area contributed by atoms with E-state index in [-0.39, 0.29) is 29.0 Å². The van der Waals surface area contributed by atoms with E-state index in [1.54, 1.807) is 17.0 Å². The molecule has 1 aromatic carbocycles. The van der Waals surface area contributed by atoms with Crippen molar-refractivity contribution in [3.8, 4) is 6.07 Å². The normalized spacial score (nSPS) is 24.1. The molecule has 35 heavy (non-hydrogen) atoms. The number of halogens is 3. The topological polar surface area (TPSA) is 79.7 Å². The average molecular weight is 490 g/mol. The molecule has 3 amide bonds. The molecule has 1 saturated carbocycles. The fraction of sp³-hybridized carbons (Fsp3) is 0.640. The van der Waals surface area contributed by atoms with Gasteiger partial charge in [0.05, 0.1) is 17.2 Å². The minimum absolute atomic E-state index is 0.0698. The van der Waals surface area contributed by atoms with Crippen molar-refractivity contribution in [2.45, 2.75) is 63.2 Å². The first kappa shape index (κ1) is 23.8. The number of carbonyl (C=O) groups is 2. The van der Waals surface area contributed by atoms with Crippen molar-refractivity contribution in [3.05, 3.63) is 29.3 Å². The second kappa shape index (κ2) is 8.92. The summed E-state index contributed by atoms with van der Waals surface area (Å²) in [5.74, 6) is -0.0822. The van der Waals surface area contributed by atoms with Gasteiger partial charge in [-0.15, -0.1) is 0 Å². The number of likely N-dealkylation sites (tertiary alicyclic amines) is 2. The first-order valence-electron chi connectivity index (χ1n) is 12.4. The van der Waals surface area contributed by atoms with Crippen LogP contribution in [0, 0.1) is 16.7 Å². The summed E-state index contributed by atoms with van der Waals surface area (Å²) >= 11 is 0. The Labute approximate surface area is 202 Å². The Bertz CT molecular complexity index is 1030. The molecular weight excluding hydrogens is 459 g/mol. The Morgan fingerprint density at radius 2 is 1.77 bits per heavy atom. The number of carbonyl (C=O) groups excluding carboxylic acids is 2. The second-order valence-electron chi connectivity index (χ2n) is 10.4. The second-order valence-corrected chi connectivity index (χ2v) is 10.4.